The molecule has 6 nitrogen and oxygen atoms in total. The molecule has 186 valence electrons. The summed E-state index contributed by atoms with van der Waals surface area (Å²) in [5.74, 6) is -1.23. The van der Waals surface area contributed by atoms with Gasteiger partial charge in [0.1, 0.15) is 5.56 Å². The molecule has 2 amide bonds. The third-order valence-electron chi connectivity index (χ3n) is 5.76. The standard InChI is InChI=1S/C26H22F3N3O3S/c1-15-20(24(34)31(2)3)12-21(23(33)30-13-16-14-36-22-10-5-4-9-19(16)22)25(35)32(15)18-8-6-7-17(11-18)26(27,28)29/h4-12,14H,13H2,1-3H3,(H,30,33). The molecule has 0 saturated heterocycles. The van der Waals surface area contributed by atoms with E-state index in [1.807, 2.05) is 29.6 Å². The van der Waals surface area contributed by atoms with Gasteiger partial charge in [0.15, 0.2) is 0 Å². The topological polar surface area (TPSA) is 71.4 Å². The zero-order valence-electron chi connectivity index (χ0n) is 19.6. The number of nitrogens with one attached hydrogen (secondary N) is 1. The lowest BCUT2D eigenvalue weighted by Crippen LogP contribution is -2.35. The molecule has 0 radical (unpaired) electrons. The van der Waals surface area contributed by atoms with Crippen LogP contribution in [0.4, 0.5) is 13.2 Å². The number of aromatic nitrogens is 1. The molecule has 2 aromatic heterocycles. The van der Waals surface area contributed by atoms with Crippen LogP contribution in [0, 0.1) is 6.92 Å². The molecule has 0 spiro atoms. The van der Waals surface area contributed by atoms with E-state index in [-0.39, 0.29) is 29.1 Å². The van der Waals surface area contributed by atoms with Crippen molar-refractivity contribution in [3.05, 3.63) is 98.3 Å². The summed E-state index contributed by atoms with van der Waals surface area (Å²) >= 11 is 1.52. The molecular formula is C26H22F3N3O3S. The molecule has 0 aliphatic rings. The van der Waals surface area contributed by atoms with Crippen LogP contribution in [0.25, 0.3) is 15.8 Å². The Hall–Kier alpha value is -3.92. The van der Waals surface area contributed by atoms with E-state index in [0.717, 1.165) is 32.3 Å². The van der Waals surface area contributed by atoms with Crippen molar-refractivity contribution in [3.63, 3.8) is 0 Å². The van der Waals surface area contributed by atoms with Crippen LogP contribution in [0.15, 0.2) is 64.8 Å². The minimum atomic E-state index is -4.63. The van der Waals surface area contributed by atoms with Crippen LogP contribution < -0.4 is 10.9 Å². The monoisotopic (exact) mass is 513 g/mol. The van der Waals surface area contributed by atoms with Crippen LogP contribution in [0.3, 0.4) is 0 Å². The van der Waals surface area contributed by atoms with Crippen LogP contribution in [-0.4, -0.2) is 35.4 Å². The Labute approximate surface area is 208 Å². The van der Waals surface area contributed by atoms with Gasteiger partial charge in [-0.15, -0.1) is 11.3 Å². The molecule has 2 heterocycles. The average molecular weight is 514 g/mol. The molecular weight excluding hydrogens is 491 g/mol. The van der Waals surface area contributed by atoms with Gasteiger partial charge in [0.05, 0.1) is 11.1 Å². The third-order valence-corrected chi connectivity index (χ3v) is 6.77. The van der Waals surface area contributed by atoms with Gasteiger partial charge >= 0.3 is 6.18 Å². The summed E-state index contributed by atoms with van der Waals surface area (Å²) in [6, 6.07) is 13.1. The summed E-state index contributed by atoms with van der Waals surface area (Å²) in [7, 11) is 3.01. The number of pyridine rings is 1. The van der Waals surface area contributed by atoms with Gasteiger partial charge in [-0.05, 0) is 53.6 Å². The first-order valence-corrected chi connectivity index (χ1v) is 11.8. The number of hydrogen-bond acceptors (Lipinski definition) is 4. The molecule has 36 heavy (non-hydrogen) atoms. The predicted octanol–water partition coefficient (Wildman–Crippen LogP) is 5.01. The van der Waals surface area contributed by atoms with Crippen molar-refractivity contribution in [1.82, 2.24) is 14.8 Å². The summed E-state index contributed by atoms with van der Waals surface area (Å²) in [5, 5.41) is 5.59. The summed E-state index contributed by atoms with van der Waals surface area (Å²) in [6.45, 7) is 1.59. The summed E-state index contributed by atoms with van der Waals surface area (Å²) in [4.78, 5) is 40.7. The van der Waals surface area contributed by atoms with Crippen LogP contribution in [0.5, 0.6) is 0 Å². The van der Waals surface area contributed by atoms with E-state index < -0.39 is 29.1 Å². The number of carbonyl (C=O) groups is 2. The van der Waals surface area contributed by atoms with Crippen LogP contribution in [0.1, 0.15) is 37.5 Å². The zero-order valence-corrected chi connectivity index (χ0v) is 20.5. The molecule has 0 saturated carbocycles. The number of alkyl halides is 3. The van der Waals surface area contributed by atoms with E-state index in [0.29, 0.717) is 0 Å². The predicted molar refractivity (Wildman–Crippen MR) is 133 cm³/mol. The third kappa shape index (κ3) is 4.76. The molecule has 4 aromatic rings. The number of fused-ring (bicyclic) bond motifs is 1. The highest BCUT2D eigenvalue weighted by Gasteiger charge is 2.31. The lowest BCUT2D eigenvalue weighted by atomic mass is 10.1. The summed E-state index contributed by atoms with van der Waals surface area (Å²) in [6.07, 6.45) is -4.63. The van der Waals surface area contributed by atoms with E-state index in [4.69, 9.17) is 0 Å². The van der Waals surface area contributed by atoms with Gasteiger partial charge < -0.3 is 10.2 Å². The van der Waals surface area contributed by atoms with Crippen molar-refractivity contribution in [2.75, 3.05) is 14.1 Å². The lowest BCUT2D eigenvalue weighted by molar-refractivity contribution is -0.137. The fourth-order valence-electron chi connectivity index (χ4n) is 3.90. The number of nitrogens with zero attached hydrogens (tertiary/aromatic N) is 2. The second kappa shape index (κ2) is 9.62. The molecule has 0 aliphatic carbocycles. The summed E-state index contributed by atoms with van der Waals surface area (Å²) in [5.41, 5.74) is -1.21. The lowest BCUT2D eigenvalue weighted by Gasteiger charge is -2.19. The molecule has 4 rings (SSSR count). The first kappa shape index (κ1) is 25.2. The Morgan fingerprint density at radius 1 is 1.03 bits per heavy atom. The van der Waals surface area contributed by atoms with Gasteiger partial charge in [-0.25, -0.2) is 0 Å². The smallest absolute Gasteiger partial charge is 0.348 e. The second-order valence-electron chi connectivity index (χ2n) is 8.39. The van der Waals surface area contributed by atoms with Crippen molar-refractivity contribution >= 4 is 33.2 Å². The maximum Gasteiger partial charge on any atom is 0.416 e. The van der Waals surface area contributed by atoms with Crippen molar-refractivity contribution in [1.29, 1.82) is 0 Å². The Morgan fingerprint density at radius 3 is 2.44 bits per heavy atom. The number of amides is 2. The Balaban J connectivity index is 1.80. The fraction of sp³-hybridized carbons (Fsp3) is 0.192. The normalized spacial score (nSPS) is 11.5. The van der Waals surface area contributed by atoms with Crippen molar-refractivity contribution < 1.29 is 22.8 Å². The number of carbonyl (C=O) groups excluding carboxylic acids is 2. The van der Waals surface area contributed by atoms with Crippen molar-refractivity contribution in [2.24, 2.45) is 0 Å². The van der Waals surface area contributed by atoms with E-state index >= 15 is 0 Å². The molecule has 0 fully saturated rings. The van der Waals surface area contributed by atoms with Gasteiger partial charge in [-0.1, -0.05) is 24.3 Å². The molecule has 0 aliphatic heterocycles. The average Bonchev–Trinajstić information content (AvgIpc) is 3.25. The largest absolute Gasteiger partial charge is 0.416 e. The maximum absolute atomic E-state index is 13.4. The Kier molecular flexibility index (Phi) is 6.73. The van der Waals surface area contributed by atoms with E-state index in [1.54, 1.807) is 0 Å². The first-order valence-electron chi connectivity index (χ1n) is 10.9. The SMILES string of the molecule is Cc1c(C(=O)N(C)C)cc(C(=O)NCc2csc3ccccc23)c(=O)n1-c1cccc(C(F)(F)F)c1. The zero-order chi connectivity index (χ0) is 26.2. The highest BCUT2D eigenvalue weighted by molar-refractivity contribution is 7.17. The number of halogens is 3. The molecule has 0 bridgehead atoms. The number of hydrogen-bond donors (Lipinski definition) is 1. The number of benzene rings is 2. The number of rotatable bonds is 5. The van der Waals surface area contributed by atoms with Gasteiger partial charge in [-0.2, -0.15) is 13.2 Å². The van der Waals surface area contributed by atoms with Gasteiger partial charge in [0.25, 0.3) is 17.4 Å². The van der Waals surface area contributed by atoms with E-state index in [2.05, 4.69) is 5.32 Å². The Bertz CT molecular complexity index is 1540. The van der Waals surface area contributed by atoms with E-state index in [9.17, 15) is 27.6 Å². The maximum atomic E-state index is 13.4. The molecule has 10 heteroatoms. The molecule has 0 atom stereocenters. The minimum absolute atomic E-state index is 0.0307. The highest BCUT2D eigenvalue weighted by atomic mass is 32.1. The van der Waals surface area contributed by atoms with Crippen LogP contribution in [0.2, 0.25) is 0 Å². The molecule has 2 aromatic carbocycles. The quantitative estimate of drug-likeness (QED) is 0.408. The Morgan fingerprint density at radius 2 is 1.75 bits per heavy atom. The van der Waals surface area contributed by atoms with E-state index in [1.165, 1.54) is 55.5 Å². The summed E-state index contributed by atoms with van der Waals surface area (Å²) < 4.78 is 42.0. The first-order chi connectivity index (χ1) is 17.0. The number of thiophene rings is 1. The van der Waals surface area contributed by atoms with Crippen LogP contribution in [-0.2, 0) is 12.7 Å². The van der Waals surface area contributed by atoms with Crippen LogP contribution >= 0.6 is 11.3 Å². The highest BCUT2D eigenvalue weighted by Crippen LogP contribution is 2.30. The van der Waals surface area contributed by atoms with Gasteiger partial charge in [0, 0.05) is 36.7 Å². The minimum Gasteiger partial charge on any atom is -0.348 e. The second-order valence-corrected chi connectivity index (χ2v) is 9.30. The van der Waals surface area contributed by atoms with Crippen molar-refractivity contribution in [2.45, 2.75) is 19.6 Å². The van der Waals surface area contributed by atoms with Crippen molar-refractivity contribution in [3.8, 4) is 5.69 Å². The fourth-order valence-corrected chi connectivity index (χ4v) is 4.86. The van der Waals surface area contributed by atoms with Gasteiger partial charge in [0.2, 0.25) is 0 Å². The van der Waals surface area contributed by atoms with Gasteiger partial charge in [-0.3, -0.25) is 19.0 Å². The molecule has 0 unspecified atom stereocenters. The molecule has 1 N–H and O–H groups in total.